The quantitative estimate of drug-likeness (QED) is 0.373. The van der Waals surface area contributed by atoms with Crippen molar-refractivity contribution in [2.24, 2.45) is 0 Å². The first-order valence-electron chi connectivity index (χ1n) is 6.52. The normalized spacial score (nSPS) is 14.0. The van der Waals surface area contributed by atoms with Crippen molar-refractivity contribution >= 4 is 25.6 Å². The van der Waals surface area contributed by atoms with Crippen molar-refractivity contribution < 1.29 is 21.4 Å². The van der Waals surface area contributed by atoms with Crippen LogP contribution in [0.3, 0.4) is 0 Å². The third-order valence-electron chi connectivity index (χ3n) is 2.47. The van der Waals surface area contributed by atoms with E-state index in [0.29, 0.717) is 12.2 Å². The number of rotatable bonds is 3. The number of hydrogen-bond donors (Lipinski definition) is 0. The fourth-order valence-electron chi connectivity index (χ4n) is 1.60. The molecule has 2 rings (SSSR count). The van der Waals surface area contributed by atoms with Crippen LogP contribution in [0.1, 0.15) is 11.3 Å². The Balaban J connectivity index is 0.000000351. The number of hydrogen-bond acceptors (Lipinski definition) is 1. The van der Waals surface area contributed by atoms with E-state index in [0.717, 1.165) is 0 Å². The number of nitrogens with zero attached hydrogens (tertiary/aromatic N) is 2. The zero-order valence-electron chi connectivity index (χ0n) is 12.2. The van der Waals surface area contributed by atoms with E-state index < -0.39 is 19.5 Å². The van der Waals surface area contributed by atoms with Crippen LogP contribution in [0.25, 0.3) is 6.08 Å². The van der Waals surface area contributed by atoms with E-state index >= 15 is 0 Å². The second kappa shape index (κ2) is 6.86. The Hall–Kier alpha value is -2.00. The van der Waals surface area contributed by atoms with Crippen molar-refractivity contribution in [3.8, 4) is 6.07 Å². The minimum absolute atomic E-state index is 0.671. The molecule has 9 heteroatoms. The van der Waals surface area contributed by atoms with Crippen molar-refractivity contribution in [1.82, 2.24) is 0 Å². The molecular formula is C15H13F6N2Sb. The first kappa shape index (κ1) is 20.0. The summed E-state index contributed by atoms with van der Waals surface area (Å²) in [4.78, 5) is 0. The molecule has 0 aliphatic carbocycles. The van der Waals surface area contributed by atoms with Crippen molar-refractivity contribution in [2.45, 2.75) is 6.54 Å². The summed E-state index contributed by atoms with van der Waals surface area (Å²) in [6.45, 7) is 0.707. The predicted molar refractivity (Wildman–Crippen MR) is 79.2 cm³/mol. The fraction of sp³-hybridized carbons (Fsp3) is 0.0667. The molecule has 2 aromatic rings. The van der Waals surface area contributed by atoms with Gasteiger partial charge in [0.05, 0.1) is 0 Å². The van der Waals surface area contributed by atoms with Gasteiger partial charge in [-0.15, -0.1) is 0 Å². The van der Waals surface area contributed by atoms with Crippen LogP contribution in [0.15, 0.2) is 60.8 Å². The van der Waals surface area contributed by atoms with Gasteiger partial charge in [0.25, 0.3) is 5.69 Å². The summed E-state index contributed by atoms with van der Waals surface area (Å²) < 4.78 is 61.5. The number of nitriles is 1. The Bertz CT molecular complexity index is 737. The number of pyridine rings is 1. The van der Waals surface area contributed by atoms with Crippen LogP contribution in [0.5, 0.6) is 0 Å². The van der Waals surface area contributed by atoms with Gasteiger partial charge < -0.3 is 0 Å². The summed E-state index contributed by atoms with van der Waals surface area (Å²) >= 11 is -11.2. The van der Waals surface area contributed by atoms with Crippen LogP contribution < -0.4 is 4.57 Å². The van der Waals surface area contributed by atoms with Gasteiger partial charge in [-0.2, -0.15) is 9.83 Å². The van der Waals surface area contributed by atoms with E-state index in [2.05, 4.69) is 30.4 Å². The van der Waals surface area contributed by atoms with E-state index in [1.165, 1.54) is 5.56 Å². The van der Waals surface area contributed by atoms with Gasteiger partial charge in [-0.05, 0) is 17.7 Å². The Labute approximate surface area is 137 Å². The van der Waals surface area contributed by atoms with Crippen LogP contribution in [-0.4, -0.2) is 19.5 Å². The second-order valence-corrected chi connectivity index (χ2v) is 10.1. The van der Waals surface area contributed by atoms with E-state index in [1.54, 1.807) is 0 Å². The van der Waals surface area contributed by atoms with Crippen molar-refractivity contribution in [1.29, 1.82) is 5.26 Å². The summed E-state index contributed by atoms with van der Waals surface area (Å²) in [6, 6.07) is 17.9. The maximum atomic E-state index is 9.93. The van der Waals surface area contributed by atoms with Gasteiger partial charge in [0.2, 0.25) is 0 Å². The van der Waals surface area contributed by atoms with Gasteiger partial charge in [0, 0.05) is 12.1 Å². The van der Waals surface area contributed by atoms with E-state index in [-0.39, 0.29) is 0 Å². The number of allylic oxidation sites excluding steroid dienone is 1. The van der Waals surface area contributed by atoms with E-state index in [9.17, 15) is 16.9 Å². The first-order valence-corrected chi connectivity index (χ1v) is 12.3. The van der Waals surface area contributed by atoms with Gasteiger partial charge in [0.15, 0.2) is 18.8 Å². The maximum absolute atomic E-state index is 11.2. The average molecular weight is 457 g/mol. The Morgan fingerprint density at radius 3 is 2.00 bits per heavy atom. The van der Waals surface area contributed by atoms with Gasteiger partial charge in [-0.25, -0.2) is 0 Å². The molecule has 1 aromatic heterocycles. The zero-order chi connectivity index (χ0) is 18.3. The van der Waals surface area contributed by atoms with Gasteiger partial charge in [-0.1, -0.05) is 36.4 Å². The third-order valence-corrected chi connectivity index (χ3v) is 2.47. The molecule has 0 bridgehead atoms. The number of aromatic nitrogens is 1. The van der Waals surface area contributed by atoms with Crippen molar-refractivity contribution in [3.05, 3.63) is 72.1 Å². The minimum atomic E-state index is -11.2. The Kier molecular flexibility index (Phi) is 5.73. The summed E-state index contributed by atoms with van der Waals surface area (Å²) in [7, 11) is 0. The number of halogens is 6. The summed E-state index contributed by atoms with van der Waals surface area (Å²) in [5.74, 6) is 0. The van der Waals surface area contributed by atoms with Crippen LogP contribution in [-0.2, 0) is 6.54 Å². The molecule has 0 spiro atoms. The van der Waals surface area contributed by atoms with Crippen LogP contribution in [0.4, 0.5) is 16.9 Å². The molecule has 0 atom stereocenters. The van der Waals surface area contributed by atoms with Gasteiger partial charge in [0.1, 0.15) is 0 Å². The first-order chi connectivity index (χ1) is 10.8. The Morgan fingerprint density at radius 1 is 0.917 bits per heavy atom. The summed E-state index contributed by atoms with van der Waals surface area (Å²) in [5.41, 5.74) is 1.84. The molecule has 0 aliphatic rings. The molecule has 0 aliphatic heterocycles. The molecule has 0 fully saturated rings. The van der Waals surface area contributed by atoms with Crippen molar-refractivity contribution in [2.75, 3.05) is 0 Å². The topological polar surface area (TPSA) is 27.7 Å². The molecule has 0 radical (unpaired) electrons. The third kappa shape index (κ3) is 11.6. The molecule has 1 heterocycles. The SMILES string of the molecule is N#Cc1cccc[n+]1C/C=C/c1ccccc1.[F][Sb-]([F])([F])([F])([F])[F]. The molecule has 1 aromatic carbocycles. The zero-order valence-corrected chi connectivity index (χ0v) is 14.7. The van der Waals surface area contributed by atoms with Gasteiger partial charge >= 0.3 is 36.4 Å². The summed E-state index contributed by atoms with van der Waals surface area (Å²) in [6.07, 6.45) is 6.02. The Morgan fingerprint density at radius 2 is 1.46 bits per heavy atom. The molecule has 0 unspecified atom stereocenters. The molecular weight excluding hydrogens is 444 g/mol. The molecule has 0 amide bonds. The fourth-order valence-corrected chi connectivity index (χ4v) is 1.60. The molecule has 2 nitrogen and oxygen atoms in total. The second-order valence-electron chi connectivity index (χ2n) is 4.62. The van der Waals surface area contributed by atoms with Gasteiger partial charge in [-0.3, -0.25) is 0 Å². The molecule has 0 saturated heterocycles. The molecule has 24 heavy (non-hydrogen) atoms. The standard InChI is InChI=1S/C15H13N2.6FH.Sb/c16-13-15-10-4-5-11-17(15)12-6-9-14-7-2-1-3-8-14;;;;;;;/h1-11H,12H2;6*1H;/q+1;;;;;;;+5/p-6/b9-6+;;;;;;;. The molecule has 0 N–H and O–H groups in total. The van der Waals surface area contributed by atoms with Crippen LogP contribution in [0, 0.1) is 11.3 Å². The molecule has 0 saturated carbocycles. The van der Waals surface area contributed by atoms with Crippen LogP contribution in [0.2, 0.25) is 0 Å². The van der Waals surface area contributed by atoms with E-state index in [4.69, 9.17) is 5.26 Å². The monoisotopic (exact) mass is 456 g/mol. The predicted octanol–water partition coefficient (Wildman–Crippen LogP) is 4.70. The molecule has 130 valence electrons. The van der Waals surface area contributed by atoms with E-state index in [1.807, 2.05) is 47.2 Å². The van der Waals surface area contributed by atoms with Crippen molar-refractivity contribution in [3.63, 3.8) is 0 Å². The average Bonchev–Trinajstić information content (AvgIpc) is 2.46. The number of benzene rings is 1. The van der Waals surface area contributed by atoms with Crippen LogP contribution >= 0.6 is 0 Å². The summed E-state index contributed by atoms with van der Waals surface area (Å²) in [5, 5.41) is 8.94.